The van der Waals surface area contributed by atoms with Gasteiger partial charge in [-0.2, -0.15) is 0 Å². The van der Waals surface area contributed by atoms with E-state index < -0.39 is 5.97 Å². The van der Waals surface area contributed by atoms with Gasteiger partial charge in [-0.15, -0.1) is 0 Å². The lowest BCUT2D eigenvalue weighted by Crippen LogP contribution is -1.93. The number of benzene rings is 1. The summed E-state index contributed by atoms with van der Waals surface area (Å²) in [5.41, 5.74) is 3.31. The maximum absolute atomic E-state index is 13.2. The zero-order valence-corrected chi connectivity index (χ0v) is 14.8. The minimum atomic E-state index is -0.394. The topological polar surface area (TPSA) is 67.9 Å². The van der Waals surface area contributed by atoms with Crippen LogP contribution in [0.25, 0.3) is 22.5 Å². The van der Waals surface area contributed by atoms with E-state index in [9.17, 15) is 9.18 Å². The van der Waals surface area contributed by atoms with Gasteiger partial charge < -0.3 is 9.72 Å². The number of carbonyl (C=O) groups is 1. The quantitative estimate of drug-likeness (QED) is 0.402. The maximum atomic E-state index is 13.2. The Morgan fingerprint density at radius 3 is 2.62 bits per heavy atom. The van der Waals surface area contributed by atoms with E-state index in [0.29, 0.717) is 10.9 Å². The van der Waals surface area contributed by atoms with Crippen molar-refractivity contribution in [3.05, 3.63) is 66.8 Å². The molecule has 5 nitrogen and oxygen atoms in total. The molecule has 3 aromatic rings. The van der Waals surface area contributed by atoms with Crippen molar-refractivity contribution in [1.82, 2.24) is 15.0 Å². The predicted molar refractivity (Wildman–Crippen MR) is 99.1 cm³/mol. The largest absolute Gasteiger partial charge is 0.466 e. The molecule has 0 spiro atoms. The van der Waals surface area contributed by atoms with Crippen LogP contribution in [0.1, 0.15) is 0 Å². The fraction of sp³-hybridized carbons (Fsp3) is 0.105. The molecular formula is C19H16FN3O2S. The molecule has 0 amide bonds. The molecule has 7 heteroatoms. The molecule has 26 heavy (non-hydrogen) atoms. The number of H-pyrrole nitrogens is 1. The predicted octanol–water partition coefficient (Wildman–Crippen LogP) is 4.10. The van der Waals surface area contributed by atoms with Crippen LogP contribution in [0.15, 0.2) is 66.1 Å². The summed E-state index contributed by atoms with van der Waals surface area (Å²) in [5, 5.41) is 0.700. The number of pyridine rings is 1. The number of aromatic nitrogens is 3. The molecule has 0 bridgehead atoms. The summed E-state index contributed by atoms with van der Waals surface area (Å²) >= 11 is 1.45. The van der Waals surface area contributed by atoms with Gasteiger partial charge in [-0.3, -0.25) is 4.98 Å². The molecule has 132 valence electrons. The lowest BCUT2D eigenvalue weighted by molar-refractivity contribution is -0.134. The minimum absolute atomic E-state index is 0.294. The number of rotatable bonds is 6. The second kappa shape index (κ2) is 8.44. The van der Waals surface area contributed by atoms with Crippen molar-refractivity contribution in [3.8, 4) is 22.5 Å². The normalized spacial score (nSPS) is 11.0. The van der Waals surface area contributed by atoms with E-state index in [0.717, 1.165) is 22.5 Å². The Kier molecular flexibility index (Phi) is 5.80. The highest BCUT2D eigenvalue weighted by atomic mass is 32.2. The van der Waals surface area contributed by atoms with Gasteiger partial charge in [0.05, 0.1) is 18.5 Å². The number of halogens is 1. The van der Waals surface area contributed by atoms with Crippen LogP contribution in [-0.2, 0) is 9.53 Å². The molecule has 0 aliphatic heterocycles. The molecule has 0 saturated heterocycles. The van der Waals surface area contributed by atoms with Crippen LogP contribution in [0.2, 0.25) is 0 Å². The Balaban J connectivity index is 1.89. The smallest absolute Gasteiger partial charge is 0.330 e. The zero-order chi connectivity index (χ0) is 18.4. The number of methoxy groups -OCH3 is 1. The molecule has 0 fully saturated rings. The minimum Gasteiger partial charge on any atom is -0.466 e. The first kappa shape index (κ1) is 17.9. The maximum Gasteiger partial charge on any atom is 0.330 e. The van der Waals surface area contributed by atoms with E-state index in [1.807, 2.05) is 12.1 Å². The Bertz CT molecular complexity index is 908. The number of nitrogens with one attached hydrogen (secondary N) is 1. The average molecular weight is 369 g/mol. The van der Waals surface area contributed by atoms with Gasteiger partial charge in [0.2, 0.25) is 0 Å². The van der Waals surface area contributed by atoms with E-state index in [4.69, 9.17) is 0 Å². The standard InChI is InChI=1S/C19H16FN3O2S/c1-25-16(24)3-2-12-26-19-22-17(13-4-6-15(20)7-5-13)18(23-19)14-8-10-21-11-9-14/h2-11H,12H2,1H3,(H,22,23). The highest BCUT2D eigenvalue weighted by molar-refractivity contribution is 7.99. The summed E-state index contributed by atoms with van der Waals surface area (Å²) in [6.07, 6.45) is 6.50. The molecule has 2 heterocycles. The highest BCUT2D eigenvalue weighted by Crippen LogP contribution is 2.32. The van der Waals surface area contributed by atoms with E-state index in [1.54, 1.807) is 30.6 Å². The van der Waals surface area contributed by atoms with Crippen LogP contribution >= 0.6 is 11.8 Å². The molecule has 0 atom stereocenters. The van der Waals surface area contributed by atoms with E-state index in [2.05, 4.69) is 19.7 Å². The van der Waals surface area contributed by atoms with Crippen LogP contribution in [0.5, 0.6) is 0 Å². The first-order valence-electron chi connectivity index (χ1n) is 7.81. The second-order valence-electron chi connectivity index (χ2n) is 5.24. The lowest BCUT2D eigenvalue weighted by Gasteiger charge is -2.02. The number of esters is 1. The van der Waals surface area contributed by atoms with Gasteiger partial charge in [0.25, 0.3) is 0 Å². The van der Waals surface area contributed by atoms with Crippen molar-refractivity contribution in [1.29, 1.82) is 0 Å². The Morgan fingerprint density at radius 1 is 1.19 bits per heavy atom. The second-order valence-corrected chi connectivity index (χ2v) is 6.25. The monoisotopic (exact) mass is 369 g/mol. The summed E-state index contributed by atoms with van der Waals surface area (Å²) in [6, 6.07) is 9.97. The Hall–Kier alpha value is -2.93. The Morgan fingerprint density at radius 2 is 1.92 bits per heavy atom. The van der Waals surface area contributed by atoms with Crippen molar-refractivity contribution < 1.29 is 13.9 Å². The molecule has 0 unspecified atom stereocenters. The van der Waals surface area contributed by atoms with Crippen molar-refractivity contribution in [3.63, 3.8) is 0 Å². The number of hydrogen-bond donors (Lipinski definition) is 1. The van der Waals surface area contributed by atoms with E-state index in [1.165, 1.54) is 37.1 Å². The number of aromatic amines is 1. The van der Waals surface area contributed by atoms with Gasteiger partial charge in [0, 0.05) is 35.3 Å². The number of ether oxygens (including phenoxy) is 1. The van der Waals surface area contributed by atoms with Crippen molar-refractivity contribution >= 4 is 17.7 Å². The van der Waals surface area contributed by atoms with Crippen molar-refractivity contribution in [2.24, 2.45) is 0 Å². The van der Waals surface area contributed by atoms with Crippen LogP contribution in [0.4, 0.5) is 4.39 Å². The van der Waals surface area contributed by atoms with Gasteiger partial charge in [-0.1, -0.05) is 17.8 Å². The molecule has 3 rings (SSSR count). The Labute approximate surface area is 154 Å². The number of nitrogens with zero attached hydrogens (tertiary/aromatic N) is 2. The van der Waals surface area contributed by atoms with Gasteiger partial charge in [0.1, 0.15) is 5.82 Å². The first-order chi connectivity index (χ1) is 12.7. The molecule has 0 aliphatic carbocycles. The van der Waals surface area contributed by atoms with Crippen LogP contribution in [0.3, 0.4) is 0 Å². The third-order valence-electron chi connectivity index (χ3n) is 3.54. The molecular weight excluding hydrogens is 353 g/mol. The van der Waals surface area contributed by atoms with E-state index in [-0.39, 0.29) is 5.82 Å². The SMILES string of the molecule is COC(=O)C=CCSc1nc(-c2ccc(F)cc2)c(-c2ccncc2)[nH]1. The van der Waals surface area contributed by atoms with Crippen LogP contribution < -0.4 is 0 Å². The molecule has 2 aromatic heterocycles. The summed E-state index contributed by atoms with van der Waals surface area (Å²) in [6.45, 7) is 0. The molecule has 0 radical (unpaired) electrons. The fourth-order valence-corrected chi connectivity index (χ4v) is 2.98. The summed E-state index contributed by atoms with van der Waals surface area (Å²) in [4.78, 5) is 23.1. The van der Waals surface area contributed by atoms with Crippen molar-refractivity contribution in [2.75, 3.05) is 12.9 Å². The molecule has 0 aliphatic rings. The van der Waals surface area contributed by atoms with Gasteiger partial charge in [0.15, 0.2) is 5.16 Å². The third kappa shape index (κ3) is 4.37. The third-order valence-corrected chi connectivity index (χ3v) is 4.37. The lowest BCUT2D eigenvalue weighted by atomic mass is 10.1. The van der Waals surface area contributed by atoms with Crippen LogP contribution in [-0.4, -0.2) is 33.8 Å². The van der Waals surface area contributed by atoms with E-state index >= 15 is 0 Å². The number of carbonyl (C=O) groups excluding carboxylic acids is 1. The first-order valence-corrected chi connectivity index (χ1v) is 8.79. The average Bonchev–Trinajstić information content (AvgIpc) is 3.10. The number of thioether (sulfide) groups is 1. The summed E-state index contributed by atoms with van der Waals surface area (Å²) in [7, 11) is 1.34. The molecule has 0 saturated carbocycles. The van der Waals surface area contributed by atoms with Gasteiger partial charge >= 0.3 is 5.97 Å². The van der Waals surface area contributed by atoms with Crippen molar-refractivity contribution in [2.45, 2.75) is 5.16 Å². The number of imidazole rings is 1. The fourth-order valence-electron chi connectivity index (χ4n) is 2.30. The van der Waals surface area contributed by atoms with Gasteiger partial charge in [-0.05, 0) is 36.4 Å². The number of hydrogen-bond acceptors (Lipinski definition) is 5. The van der Waals surface area contributed by atoms with Crippen LogP contribution in [0, 0.1) is 5.82 Å². The molecule has 1 aromatic carbocycles. The summed E-state index contributed by atoms with van der Waals surface area (Å²) < 4.78 is 17.8. The zero-order valence-electron chi connectivity index (χ0n) is 14.0. The molecule has 1 N–H and O–H groups in total. The van der Waals surface area contributed by atoms with Gasteiger partial charge in [-0.25, -0.2) is 14.2 Å². The highest BCUT2D eigenvalue weighted by Gasteiger charge is 2.14. The summed E-state index contributed by atoms with van der Waals surface area (Å²) in [5.74, 6) is -0.131.